The van der Waals surface area contributed by atoms with Crippen molar-refractivity contribution in [3.8, 4) is 0 Å². The van der Waals surface area contributed by atoms with Gasteiger partial charge < -0.3 is 4.98 Å². The van der Waals surface area contributed by atoms with Crippen molar-refractivity contribution in [3.05, 3.63) is 52.1 Å². The number of hydrogen-bond acceptors (Lipinski definition) is 4. The molecule has 0 radical (unpaired) electrons. The van der Waals surface area contributed by atoms with E-state index in [0.717, 1.165) is 27.7 Å². The average molecular weight is 292 g/mol. The number of rotatable bonds is 3. The number of nitrogens with one attached hydrogen (secondary N) is 1. The summed E-state index contributed by atoms with van der Waals surface area (Å²) >= 11 is 9.02. The van der Waals surface area contributed by atoms with E-state index in [1.165, 1.54) is 16.2 Å². The minimum Gasteiger partial charge on any atom is -0.345 e. The molecule has 2 heterocycles. The van der Waals surface area contributed by atoms with Crippen molar-refractivity contribution in [3.63, 3.8) is 0 Å². The molecule has 0 saturated carbocycles. The molecule has 0 bridgehead atoms. The van der Waals surface area contributed by atoms with Crippen molar-refractivity contribution in [2.45, 2.75) is 22.2 Å². The summed E-state index contributed by atoms with van der Waals surface area (Å²) in [5, 5.41) is 0. The lowest BCUT2D eigenvalue weighted by atomic mass is 10.3. The summed E-state index contributed by atoms with van der Waals surface area (Å²) < 4.78 is 0.775. The number of aromatic amines is 1. The van der Waals surface area contributed by atoms with Crippen LogP contribution in [-0.2, 0) is 17.3 Å². The van der Waals surface area contributed by atoms with Gasteiger partial charge in [0.1, 0.15) is 10.5 Å². The molecule has 5 heteroatoms. The van der Waals surface area contributed by atoms with E-state index in [1.807, 2.05) is 17.8 Å². The van der Waals surface area contributed by atoms with Crippen LogP contribution in [0.1, 0.15) is 17.1 Å². The van der Waals surface area contributed by atoms with E-state index in [-0.39, 0.29) is 0 Å². The smallest absolute Gasteiger partial charge is 0.134 e. The molecule has 1 aromatic heterocycles. The summed E-state index contributed by atoms with van der Waals surface area (Å²) in [6.45, 7) is 0. The molecule has 0 unspecified atom stereocenters. The lowest BCUT2D eigenvalue weighted by Crippen LogP contribution is -1.99. The zero-order valence-corrected chi connectivity index (χ0v) is 12.1. The molecule has 1 aromatic carbocycles. The summed E-state index contributed by atoms with van der Waals surface area (Å²) in [5.74, 6) is 3.86. The van der Waals surface area contributed by atoms with Gasteiger partial charge in [-0.3, -0.25) is 0 Å². The molecular weight excluding hydrogens is 280 g/mol. The van der Waals surface area contributed by atoms with Gasteiger partial charge in [0.25, 0.3) is 0 Å². The average Bonchev–Trinajstić information content (AvgIpc) is 2.86. The first-order valence-electron chi connectivity index (χ1n) is 5.69. The normalized spacial score (nSPS) is 13.6. The zero-order chi connectivity index (χ0) is 12.4. The monoisotopic (exact) mass is 292 g/mol. The van der Waals surface area contributed by atoms with Crippen LogP contribution >= 0.6 is 35.7 Å². The molecule has 1 N–H and O–H groups in total. The van der Waals surface area contributed by atoms with Crippen LogP contribution in [0.2, 0.25) is 0 Å². The van der Waals surface area contributed by atoms with E-state index in [9.17, 15) is 0 Å². The molecule has 1 aliphatic heterocycles. The highest BCUT2D eigenvalue weighted by Gasteiger charge is 2.15. The number of H-pyrrole nitrogens is 1. The van der Waals surface area contributed by atoms with E-state index >= 15 is 0 Å². The molecule has 3 rings (SSSR count). The Bertz CT molecular complexity index is 607. The summed E-state index contributed by atoms with van der Waals surface area (Å²) in [5.41, 5.74) is 2.49. The molecular formula is C13H12N2S3. The standard InChI is InChI=1S/C13H12N2S3/c16-13-10-6-17-7-11(10)14-12(15-13)8-18-9-4-2-1-3-5-9/h1-5H,6-8H2,(H,14,15,16). The van der Waals surface area contributed by atoms with Gasteiger partial charge in [0.15, 0.2) is 0 Å². The zero-order valence-electron chi connectivity index (χ0n) is 9.68. The Balaban J connectivity index is 1.78. The van der Waals surface area contributed by atoms with Crippen molar-refractivity contribution in [2.24, 2.45) is 0 Å². The maximum atomic E-state index is 5.34. The Morgan fingerprint density at radius 1 is 1.28 bits per heavy atom. The van der Waals surface area contributed by atoms with Crippen LogP contribution in [0.5, 0.6) is 0 Å². The fraction of sp³-hybridized carbons (Fsp3) is 0.231. The second-order valence-corrected chi connectivity index (χ2v) is 6.46. The highest BCUT2D eigenvalue weighted by molar-refractivity contribution is 7.98. The van der Waals surface area contributed by atoms with Gasteiger partial charge in [0.05, 0.1) is 5.75 Å². The van der Waals surface area contributed by atoms with Gasteiger partial charge >= 0.3 is 0 Å². The highest BCUT2D eigenvalue weighted by atomic mass is 32.2. The number of thioether (sulfide) groups is 2. The van der Waals surface area contributed by atoms with E-state index in [1.54, 1.807) is 11.8 Å². The number of hydrogen-bond donors (Lipinski definition) is 1. The molecule has 2 aromatic rings. The number of aromatic nitrogens is 2. The number of benzene rings is 1. The largest absolute Gasteiger partial charge is 0.345 e. The number of nitrogens with zero attached hydrogens (tertiary/aromatic N) is 1. The van der Waals surface area contributed by atoms with E-state index in [4.69, 9.17) is 12.2 Å². The van der Waals surface area contributed by atoms with Gasteiger partial charge in [-0.05, 0) is 12.1 Å². The topological polar surface area (TPSA) is 28.7 Å². The molecule has 0 spiro atoms. The quantitative estimate of drug-likeness (QED) is 0.679. The van der Waals surface area contributed by atoms with Crippen molar-refractivity contribution in [1.29, 1.82) is 0 Å². The van der Waals surface area contributed by atoms with E-state index < -0.39 is 0 Å². The fourth-order valence-electron chi connectivity index (χ4n) is 1.86. The fourth-order valence-corrected chi connectivity index (χ4v) is 4.11. The Morgan fingerprint density at radius 2 is 2.11 bits per heavy atom. The van der Waals surface area contributed by atoms with Crippen LogP contribution in [-0.4, -0.2) is 9.97 Å². The van der Waals surface area contributed by atoms with Crippen LogP contribution in [0.15, 0.2) is 35.2 Å². The second kappa shape index (κ2) is 5.47. The molecule has 0 amide bonds. The van der Waals surface area contributed by atoms with Gasteiger partial charge in [-0.1, -0.05) is 30.4 Å². The van der Waals surface area contributed by atoms with Crippen LogP contribution in [0.25, 0.3) is 0 Å². The molecule has 18 heavy (non-hydrogen) atoms. The highest BCUT2D eigenvalue weighted by Crippen LogP contribution is 2.29. The third-order valence-electron chi connectivity index (χ3n) is 2.77. The lowest BCUT2D eigenvalue weighted by Gasteiger charge is -2.05. The minimum absolute atomic E-state index is 0.775. The van der Waals surface area contributed by atoms with Crippen LogP contribution < -0.4 is 0 Å². The Labute approximate surface area is 120 Å². The van der Waals surface area contributed by atoms with Crippen LogP contribution in [0, 0.1) is 4.64 Å². The number of fused-ring (bicyclic) bond motifs is 1. The van der Waals surface area contributed by atoms with E-state index in [0.29, 0.717) is 0 Å². The summed E-state index contributed by atoms with van der Waals surface area (Å²) in [4.78, 5) is 9.16. The van der Waals surface area contributed by atoms with Gasteiger partial charge in [-0.2, -0.15) is 11.8 Å². The first-order chi connectivity index (χ1) is 8.83. The van der Waals surface area contributed by atoms with Crippen molar-refractivity contribution >= 4 is 35.7 Å². The molecule has 0 aliphatic carbocycles. The van der Waals surface area contributed by atoms with Gasteiger partial charge in [-0.25, -0.2) is 4.98 Å². The third kappa shape index (κ3) is 2.63. The summed E-state index contributed by atoms with van der Waals surface area (Å²) in [6, 6.07) is 10.4. The van der Waals surface area contributed by atoms with Crippen molar-refractivity contribution < 1.29 is 0 Å². The Kier molecular flexibility index (Phi) is 3.72. The first-order valence-corrected chi connectivity index (χ1v) is 8.24. The van der Waals surface area contributed by atoms with Gasteiger partial charge in [0, 0.05) is 27.7 Å². The van der Waals surface area contributed by atoms with Crippen molar-refractivity contribution in [1.82, 2.24) is 9.97 Å². The predicted octanol–water partition coefficient (Wildman–Crippen LogP) is 4.18. The third-order valence-corrected chi connectivity index (χ3v) is 5.11. The van der Waals surface area contributed by atoms with Gasteiger partial charge in [0.2, 0.25) is 0 Å². The second-order valence-electron chi connectivity index (χ2n) is 4.04. The predicted molar refractivity (Wildman–Crippen MR) is 80.4 cm³/mol. The molecule has 2 nitrogen and oxygen atoms in total. The van der Waals surface area contributed by atoms with Crippen LogP contribution in [0.3, 0.4) is 0 Å². The van der Waals surface area contributed by atoms with E-state index in [2.05, 4.69) is 34.2 Å². The molecule has 92 valence electrons. The maximum absolute atomic E-state index is 5.34. The molecule has 0 saturated heterocycles. The molecule has 1 aliphatic rings. The summed E-state index contributed by atoms with van der Waals surface area (Å²) in [7, 11) is 0. The first kappa shape index (κ1) is 12.3. The van der Waals surface area contributed by atoms with Crippen molar-refractivity contribution in [2.75, 3.05) is 0 Å². The maximum Gasteiger partial charge on any atom is 0.134 e. The Morgan fingerprint density at radius 3 is 2.94 bits per heavy atom. The summed E-state index contributed by atoms with van der Waals surface area (Å²) in [6.07, 6.45) is 0. The van der Waals surface area contributed by atoms with Gasteiger partial charge in [-0.15, -0.1) is 11.8 Å². The lowest BCUT2D eigenvalue weighted by molar-refractivity contribution is 0.963. The Hall–Kier alpha value is -0.780. The SMILES string of the molecule is S=c1nc(CSc2ccccc2)[nH]c2c1CSC2. The molecule has 0 atom stereocenters. The molecule has 0 fully saturated rings. The minimum atomic E-state index is 0.775. The van der Waals surface area contributed by atoms with Crippen LogP contribution in [0.4, 0.5) is 0 Å².